The van der Waals surface area contributed by atoms with Gasteiger partial charge in [-0.2, -0.15) is 0 Å². The summed E-state index contributed by atoms with van der Waals surface area (Å²) in [6, 6.07) is 0. The molecule has 0 N–H and O–H groups in total. The second-order valence-electron chi connectivity index (χ2n) is 5.98. The lowest BCUT2D eigenvalue weighted by Gasteiger charge is -2.21. The third-order valence-corrected chi connectivity index (χ3v) is 3.46. The second kappa shape index (κ2) is 10.8. The lowest BCUT2D eigenvalue weighted by atomic mass is 10.0. The van der Waals surface area contributed by atoms with Crippen LogP contribution >= 0.6 is 0 Å². The molecule has 3 heteroatoms. The number of esters is 1. The minimum Gasteiger partial charge on any atom is -0.484 e. The van der Waals surface area contributed by atoms with Gasteiger partial charge in [-0.05, 0) is 32.3 Å². The first kappa shape index (κ1) is 19.0. The Morgan fingerprint density at radius 3 is 2.35 bits per heavy atom. The molecule has 20 heavy (non-hydrogen) atoms. The number of hydrogen-bond donors (Lipinski definition) is 0. The second-order valence-corrected chi connectivity index (χ2v) is 5.98. The van der Waals surface area contributed by atoms with E-state index in [0.717, 1.165) is 0 Å². The molecule has 0 spiro atoms. The molecule has 0 aliphatic rings. The first-order valence-corrected chi connectivity index (χ1v) is 7.87. The largest absolute Gasteiger partial charge is 0.484 e. The summed E-state index contributed by atoms with van der Waals surface area (Å²) in [5.41, 5.74) is -0.912. The molecule has 0 heterocycles. The summed E-state index contributed by atoms with van der Waals surface area (Å²) in [5, 5.41) is 0. The fraction of sp³-hybridized carbons (Fsp3) is 0.824. The maximum absolute atomic E-state index is 11.4. The molecule has 0 bridgehead atoms. The van der Waals surface area contributed by atoms with Crippen molar-refractivity contribution in [1.29, 1.82) is 0 Å². The van der Waals surface area contributed by atoms with Gasteiger partial charge in [-0.25, -0.2) is 4.79 Å². The number of carbonyl (C=O) groups excluding carboxylic acids is 1. The molecule has 0 aromatic rings. The molecule has 0 fully saturated rings. The maximum atomic E-state index is 11.4. The molecular weight excluding hydrogens is 252 g/mol. The first-order chi connectivity index (χ1) is 9.44. The van der Waals surface area contributed by atoms with Crippen LogP contribution < -0.4 is 0 Å². The van der Waals surface area contributed by atoms with E-state index < -0.39 is 5.60 Å². The zero-order valence-corrected chi connectivity index (χ0v) is 13.9. The van der Waals surface area contributed by atoms with Crippen molar-refractivity contribution in [3.05, 3.63) is 12.3 Å². The molecule has 0 saturated carbocycles. The molecule has 0 radical (unpaired) electrons. The van der Waals surface area contributed by atoms with Gasteiger partial charge >= 0.3 is 5.97 Å². The van der Waals surface area contributed by atoms with Crippen LogP contribution in [0.25, 0.3) is 0 Å². The molecule has 0 amide bonds. The molecule has 0 rings (SSSR count). The van der Waals surface area contributed by atoms with Crippen LogP contribution in [0.5, 0.6) is 0 Å². The third-order valence-electron chi connectivity index (χ3n) is 3.46. The highest BCUT2D eigenvalue weighted by atomic mass is 16.6. The normalized spacial score (nSPS) is 13.4. The fourth-order valence-corrected chi connectivity index (χ4v) is 1.98. The van der Waals surface area contributed by atoms with Crippen LogP contribution in [-0.4, -0.2) is 18.7 Å². The lowest BCUT2D eigenvalue weighted by molar-refractivity contribution is -0.159. The number of hydrogen-bond acceptors (Lipinski definition) is 3. The number of rotatable bonds is 11. The minimum absolute atomic E-state index is 0.356. The van der Waals surface area contributed by atoms with Gasteiger partial charge in [0.15, 0.2) is 5.60 Å². The maximum Gasteiger partial charge on any atom is 0.349 e. The minimum atomic E-state index is -0.912. The van der Waals surface area contributed by atoms with Crippen molar-refractivity contribution in [1.82, 2.24) is 0 Å². The van der Waals surface area contributed by atoms with E-state index in [4.69, 9.17) is 4.74 Å². The third kappa shape index (κ3) is 9.00. The van der Waals surface area contributed by atoms with Gasteiger partial charge in [-0.15, -0.1) is 0 Å². The summed E-state index contributed by atoms with van der Waals surface area (Å²) in [6.07, 6.45) is 12.8. The van der Waals surface area contributed by atoms with Gasteiger partial charge in [0.25, 0.3) is 0 Å². The van der Waals surface area contributed by atoms with E-state index in [0.29, 0.717) is 5.92 Å². The molecule has 3 nitrogen and oxygen atoms in total. The summed E-state index contributed by atoms with van der Waals surface area (Å²) in [7, 11) is 1.37. The Morgan fingerprint density at radius 1 is 1.15 bits per heavy atom. The molecule has 0 aromatic heterocycles. The molecule has 118 valence electrons. The summed E-state index contributed by atoms with van der Waals surface area (Å²) < 4.78 is 10.1. The van der Waals surface area contributed by atoms with E-state index in [2.05, 4.69) is 18.6 Å². The van der Waals surface area contributed by atoms with E-state index in [1.165, 1.54) is 52.1 Å². The van der Waals surface area contributed by atoms with E-state index in [1.807, 2.05) is 6.08 Å². The summed E-state index contributed by atoms with van der Waals surface area (Å²) in [5.74, 6) is 0.125. The van der Waals surface area contributed by atoms with Crippen molar-refractivity contribution in [2.24, 2.45) is 5.92 Å². The van der Waals surface area contributed by atoms with E-state index in [-0.39, 0.29) is 5.97 Å². The Bertz CT molecular complexity index is 282. The standard InChI is InChI=1S/C17H32O3/c1-6-7-8-9-10-11-12-15(2)13-14-20-17(3,4)16(18)19-5/h13-15H,6-12H2,1-5H3. The number of methoxy groups -OCH3 is 1. The van der Waals surface area contributed by atoms with Gasteiger partial charge in [0.2, 0.25) is 0 Å². The molecule has 0 aromatic carbocycles. The molecule has 0 aliphatic carbocycles. The first-order valence-electron chi connectivity index (χ1n) is 7.87. The van der Waals surface area contributed by atoms with Crippen LogP contribution in [0.2, 0.25) is 0 Å². The Labute approximate surface area is 124 Å². The fourth-order valence-electron chi connectivity index (χ4n) is 1.98. The Morgan fingerprint density at radius 2 is 1.75 bits per heavy atom. The molecular formula is C17H32O3. The molecule has 0 aliphatic heterocycles. The highest BCUT2D eigenvalue weighted by Gasteiger charge is 2.29. The van der Waals surface area contributed by atoms with Gasteiger partial charge in [0, 0.05) is 0 Å². The number of allylic oxidation sites excluding steroid dienone is 1. The highest BCUT2D eigenvalue weighted by molar-refractivity contribution is 5.78. The van der Waals surface area contributed by atoms with Crippen LogP contribution in [0.3, 0.4) is 0 Å². The number of unbranched alkanes of at least 4 members (excludes halogenated alkanes) is 5. The zero-order chi connectivity index (χ0) is 15.4. The van der Waals surface area contributed by atoms with Crippen molar-refractivity contribution in [2.45, 2.75) is 78.2 Å². The quantitative estimate of drug-likeness (QED) is 0.309. The predicted molar refractivity (Wildman–Crippen MR) is 83.5 cm³/mol. The lowest BCUT2D eigenvalue weighted by Crippen LogP contribution is -2.34. The molecule has 1 atom stereocenters. The van der Waals surface area contributed by atoms with Crippen molar-refractivity contribution in [2.75, 3.05) is 7.11 Å². The van der Waals surface area contributed by atoms with Crippen molar-refractivity contribution in [3.8, 4) is 0 Å². The van der Waals surface area contributed by atoms with Gasteiger partial charge in [0.1, 0.15) is 0 Å². The summed E-state index contributed by atoms with van der Waals surface area (Å²) >= 11 is 0. The van der Waals surface area contributed by atoms with Crippen molar-refractivity contribution < 1.29 is 14.3 Å². The van der Waals surface area contributed by atoms with Crippen LogP contribution in [0, 0.1) is 5.92 Å². The average molecular weight is 284 g/mol. The summed E-state index contributed by atoms with van der Waals surface area (Å²) in [6.45, 7) is 7.84. The average Bonchev–Trinajstić information content (AvgIpc) is 2.41. The monoisotopic (exact) mass is 284 g/mol. The van der Waals surface area contributed by atoms with Gasteiger partial charge < -0.3 is 9.47 Å². The molecule has 1 unspecified atom stereocenters. The number of carbonyl (C=O) groups is 1. The zero-order valence-electron chi connectivity index (χ0n) is 13.9. The predicted octanol–water partition coefficient (Wildman–Crippen LogP) is 4.86. The Hall–Kier alpha value is -0.990. The number of ether oxygens (including phenoxy) is 2. The van der Waals surface area contributed by atoms with Gasteiger partial charge in [0.05, 0.1) is 13.4 Å². The topological polar surface area (TPSA) is 35.5 Å². The van der Waals surface area contributed by atoms with Crippen LogP contribution in [0.1, 0.15) is 72.6 Å². The Balaban J connectivity index is 3.77. The van der Waals surface area contributed by atoms with E-state index in [9.17, 15) is 4.79 Å². The van der Waals surface area contributed by atoms with Crippen LogP contribution in [-0.2, 0) is 14.3 Å². The van der Waals surface area contributed by atoms with E-state index in [1.54, 1.807) is 20.1 Å². The Kier molecular flexibility index (Phi) is 10.2. The van der Waals surface area contributed by atoms with Crippen LogP contribution in [0.4, 0.5) is 0 Å². The van der Waals surface area contributed by atoms with Crippen molar-refractivity contribution >= 4 is 5.97 Å². The van der Waals surface area contributed by atoms with Crippen LogP contribution in [0.15, 0.2) is 12.3 Å². The van der Waals surface area contributed by atoms with E-state index >= 15 is 0 Å². The SMILES string of the molecule is CCCCCCCCC(C)C=COC(C)(C)C(=O)OC. The summed E-state index contributed by atoms with van der Waals surface area (Å²) in [4.78, 5) is 11.4. The van der Waals surface area contributed by atoms with Crippen molar-refractivity contribution in [3.63, 3.8) is 0 Å². The van der Waals surface area contributed by atoms with Gasteiger partial charge in [-0.1, -0.05) is 52.4 Å². The molecule has 0 saturated heterocycles. The highest BCUT2D eigenvalue weighted by Crippen LogP contribution is 2.15. The van der Waals surface area contributed by atoms with Gasteiger partial charge in [-0.3, -0.25) is 0 Å². The smallest absolute Gasteiger partial charge is 0.349 e.